The Balaban J connectivity index is 1.13. The van der Waals surface area contributed by atoms with Crippen LogP contribution in [0, 0.1) is 11.8 Å². The molecule has 0 saturated heterocycles. The maximum Gasteiger partial charge on any atom is 0.0732 e. The third-order valence-electron chi connectivity index (χ3n) is 17.4. The van der Waals surface area contributed by atoms with Gasteiger partial charge in [0, 0.05) is 39.1 Å². The fourth-order valence-electron chi connectivity index (χ4n) is 15.7. The summed E-state index contributed by atoms with van der Waals surface area (Å²) in [6, 6.07) is 49.5. The minimum Gasteiger partial charge on any atom is -0.305 e. The molecule has 4 heterocycles. The SMILES string of the molecule is c1cc2cc(c1)C1c3ccccc3C2c2ncc3c(c21)c1c2c(cc4c5c6c(ncc5n3c41)C1CC3CC(C1)CC6C3)-c1ccccc1C21c2ccccc2-c2ccccc21. The summed E-state index contributed by atoms with van der Waals surface area (Å²) < 4.78 is 2.66. The van der Waals surface area contributed by atoms with Crippen molar-refractivity contribution >= 4 is 38.1 Å². The summed E-state index contributed by atoms with van der Waals surface area (Å²) in [4.78, 5) is 11.3. The van der Waals surface area contributed by atoms with Gasteiger partial charge in [0.15, 0.2) is 0 Å². The first kappa shape index (κ1) is 31.3. The van der Waals surface area contributed by atoms with Crippen LogP contribution in [0.5, 0.6) is 0 Å². The minimum atomic E-state index is -0.478. The normalized spacial score (nSPS) is 24.5. The van der Waals surface area contributed by atoms with Crippen molar-refractivity contribution in [3.05, 3.63) is 207 Å². The molecule has 6 aromatic carbocycles. The average molecular weight is 778 g/mol. The van der Waals surface area contributed by atoms with Gasteiger partial charge in [-0.25, -0.2) is 0 Å². The quantitative estimate of drug-likeness (QED) is 0.153. The van der Waals surface area contributed by atoms with E-state index in [1.54, 1.807) is 5.56 Å². The summed E-state index contributed by atoms with van der Waals surface area (Å²) in [5, 5.41) is 5.71. The van der Waals surface area contributed by atoms with E-state index in [0.29, 0.717) is 11.8 Å². The van der Waals surface area contributed by atoms with Crippen molar-refractivity contribution in [2.75, 3.05) is 0 Å². The standard InChI is InChI=1S/C58H39N3/c1-2-16-39-38(15-1)47-31-10-9-11-32(25-31)48(39)56-52(47)51-46(28-60-56)61-45-27-59-55-34-23-29-20-30(24-34)22-33(21-29)49(55)50(45)41-26-40-37-14-5-8-19-44(37)58(54(40)53(51)57(41)61)42-17-6-3-12-35(42)36-13-4-7-18-43(36)58/h1-19,25-30,33-34,47-48H,20-24H2. The molecule has 1 spiro atoms. The van der Waals surface area contributed by atoms with Gasteiger partial charge < -0.3 is 4.40 Å². The highest BCUT2D eigenvalue weighted by molar-refractivity contribution is 6.29. The lowest BCUT2D eigenvalue weighted by atomic mass is 9.67. The molecule has 0 radical (unpaired) electrons. The first-order chi connectivity index (χ1) is 30.3. The topological polar surface area (TPSA) is 30.2 Å². The van der Waals surface area contributed by atoms with Gasteiger partial charge in [0.25, 0.3) is 0 Å². The molecule has 4 atom stereocenters. The van der Waals surface area contributed by atoms with Crippen LogP contribution in [-0.2, 0) is 5.41 Å². The number of nitrogens with zero attached hydrogens (tertiary/aromatic N) is 3. The van der Waals surface area contributed by atoms with Crippen LogP contribution in [0.4, 0.5) is 0 Å². The van der Waals surface area contributed by atoms with Crippen molar-refractivity contribution in [1.29, 1.82) is 0 Å². The Morgan fingerprint density at radius 1 is 0.475 bits per heavy atom. The largest absolute Gasteiger partial charge is 0.305 e. The molecule has 9 aliphatic carbocycles. The molecule has 0 N–H and O–H groups in total. The molecule has 0 amide bonds. The number of rotatable bonds is 0. The fraction of sp³-hybridized carbons (Fsp3) is 0.207. The molecule has 19 rings (SSSR count). The highest BCUT2D eigenvalue weighted by Gasteiger charge is 2.54. The van der Waals surface area contributed by atoms with Gasteiger partial charge in [-0.2, -0.15) is 0 Å². The second-order valence-corrected chi connectivity index (χ2v) is 19.9. The fourth-order valence-corrected chi connectivity index (χ4v) is 15.7. The molecule has 9 aliphatic rings. The van der Waals surface area contributed by atoms with Gasteiger partial charge in [-0.3, -0.25) is 9.97 Å². The van der Waals surface area contributed by atoms with Crippen LogP contribution in [0.1, 0.15) is 123 Å². The number of fused-ring (bicyclic) bond motifs is 17. The summed E-state index contributed by atoms with van der Waals surface area (Å²) in [7, 11) is 0. The highest BCUT2D eigenvalue weighted by Crippen LogP contribution is 2.67. The van der Waals surface area contributed by atoms with E-state index in [2.05, 4.69) is 144 Å². The average Bonchev–Trinajstić information content (AvgIpc) is 3.94. The molecule has 2 saturated carbocycles. The van der Waals surface area contributed by atoms with Crippen molar-refractivity contribution in [3.63, 3.8) is 0 Å². The third kappa shape index (κ3) is 3.35. The lowest BCUT2D eigenvalue weighted by molar-refractivity contribution is 0.165. The number of hydrogen-bond acceptors (Lipinski definition) is 2. The highest BCUT2D eigenvalue weighted by atomic mass is 15.0. The summed E-state index contributed by atoms with van der Waals surface area (Å²) in [5.74, 6) is 2.99. The Labute approximate surface area is 353 Å². The molecule has 4 unspecified atom stereocenters. The smallest absolute Gasteiger partial charge is 0.0732 e. The predicted molar refractivity (Wildman–Crippen MR) is 243 cm³/mol. The van der Waals surface area contributed by atoms with E-state index in [-0.39, 0.29) is 11.8 Å². The molecular formula is C58H39N3. The first-order valence-corrected chi connectivity index (χ1v) is 22.8. The van der Waals surface area contributed by atoms with Gasteiger partial charge in [0.05, 0.1) is 46.0 Å². The zero-order chi connectivity index (χ0) is 39.0. The van der Waals surface area contributed by atoms with Gasteiger partial charge in [-0.15, -0.1) is 0 Å². The van der Waals surface area contributed by atoms with E-state index in [9.17, 15) is 0 Å². The van der Waals surface area contributed by atoms with Crippen molar-refractivity contribution in [1.82, 2.24) is 14.4 Å². The van der Waals surface area contributed by atoms with E-state index < -0.39 is 5.41 Å². The Hall–Kier alpha value is -6.58. The zero-order valence-electron chi connectivity index (χ0n) is 33.6. The Morgan fingerprint density at radius 2 is 1.05 bits per heavy atom. The molecule has 3 nitrogen and oxygen atoms in total. The monoisotopic (exact) mass is 777 g/mol. The van der Waals surface area contributed by atoms with Gasteiger partial charge in [-0.05, 0) is 134 Å². The lowest BCUT2D eigenvalue weighted by Gasteiger charge is -2.38. The van der Waals surface area contributed by atoms with Crippen molar-refractivity contribution < 1.29 is 0 Å². The molecular weight excluding hydrogens is 739 g/mol. The van der Waals surface area contributed by atoms with E-state index >= 15 is 0 Å². The van der Waals surface area contributed by atoms with Crippen LogP contribution >= 0.6 is 0 Å². The van der Waals surface area contributed by atoms with Gasteiger partial charge in [0.2, 0.25) is 0 Å². The molecule has 3 heteroatoms. The molecule has 2 fully saturated rings. The van der Waals surface area contributed by atoms with Gasteiger partial charge in [0.1, 0.15) is 0 Å². The number of benzene rings is 6. The maximum atomic E-state index is 5.67. The van der Waals surface area contributed by atoms with Crippen LogP contribution in [0.2, 0.25) is 0 Å². The predicted octanol–water partition coefficient (Wildman–Crippen LogP) is 13.3. The van der Waals surface area contributed by atoms with Crippen LogP contribution in [0.15, 0.2) is 140 Å². The van der Waals surface area contributed by atoms with Crippen LogP contribution in [0.25, 0.3) is 60.3 Å². The van der Waals surface area contributed by atoms with E-state index in [1.165, 1.54) is 154 Å². The number of aromatic nitrogens is 3. The molecule has 286 valence electrons. The Bertz CT molecular complexity index is 3640. The molecule has 10 aromatic rings. The molecule has 61 heavy (non-hydrogen) atoms. The first-order valence-electron chi connectivity index (χ1n) is 22.8. The number of pyridine rings is 2. The van der Waals surface area contributed by atoms with Crippen LogP contribution in [-0.4, -0.2) is 14.4 Å². The summed E-state index contributed by atoms with van der Waals surface area (Å²) >= 11 is 0. The number of hydrogen-bond donors (Lipinski definition) is 0. The molecule has 4 aromatic heterocycles. The summed E-state index contributed by atoms with van der Waals surface area (Å²) in [6.45, 7) is 0. The molecule has 0 aliphatic heterocycles. The molecule has 8 bridgehead atoms. The van der Waals surface area contributed by atoms with Crippen LogP contribution in [0.3, 0.4) is 0 Å². The minimum absolute atomic E-state index is 0.0809. The summed E-state index contributed by atoms with van der Waals surface area (Å²) in [6.07, 6.45) is 11.3. The van der Waals surface area contributed by atoms with E-state index in [1.807, 2.05) is 0 Å². The van der Waals surface area contributed by atoms with Crippen molar-refractivity contribution in [2.24, 2.45) is 11.8 Å². The second kappa shape index (κ2) is 10.3. The summed E-state index contributed by atoms with van der Waals surface area (Å²) in [5.41, 5.74) is 25.7. The third-order valence-corrected chi connectivity index (χ3v) is 17.4. The van der Waals surface area contributed by atoms with Crippen LogP contribution < -0.4 is 0 Å². The lowest BCUT2D eigenvalue weighted by Crippen LogP contribution is -2.26. The van der Waals surface area contributed by atoms with E-state index in [4.69, 9.17) is 9.97 Å². The maximum absolute atomic E-state index is 5.67. The van der Waals surface area contributed by atoms with Crippen molar-refractivity contribution in [2.45, 2.75) is 61.2 Å². The second-order valence-electron chi connectivity index (χ2n) is 19.9. The Morgan fingerprint density at radius 3 is 1.75 bits per heavy atom. The van der Waals surface area contributed by atoms with Gasteiger partial charge in [-0.1, -0.05) is 121 Å². The van der Waals surface area contributed by atoms with E-state index in [0.717, 1.165) is 11.8 Å². The Kier molecular flexibility index (Phi) is 5.28. The van der Waals surface area contributed by atoms with Crippen molar-refractivity contribution in [3.8, 4) is 22.3 Å². The van der Waals surface area contributed by atoms with Gasteiger partial charge >= 0.3 is 0 Å². The zero-order valence-corrected chi connectivity index (χ0v) is 33.6.